The molecule has 0 unspecified atom stereocenters. The van der Waals surface area contributed by atoms with E-state index >= 15 is 0 Å². The first kappa shape index (κ1) is 16.2. The molecule has 0 radical (unpaired) electrons. The summed E-state index contributed by atoms with van der Waals surface area (Å²) in [6.45, 7) is 5.16. The summed E-state index contributed by atoms with van der Waals surface area (Å²) in [6.07, 6.45) is 2.91. The van der Waals surface area contributed by atoms with E-state index in [1.165, 1.54) is 0 Å². The molecule has 1 aliphatic rings. The van der Waals surface area contributed by atoms with Crippen LogP contribution < -0.4 is 5.32 Å². The summed E-state index contributed by atoms with van der Waals surface area (Å²) in [7, 11) is -3.39. The van der Waals surface area contributed by atoms with Crippen molar-refractivity contribution in [2.24, 2.45) is 5.92 Å². The van der Waals surface area contributed by atoms with Crippen LogP contribution in [0.5, 0.6) is 0 Å². The number of hydrogen-bond acceptors (Lipinski definition) is 4. The fourth-order valence-electron chi connectivity index (χ4n) is 2.47. The minimum Gasteiger partial charge on any atom is -0.317 e. The maximum atomic E-state index is 12.7. The highest BCUT2D eigenvalue weighted by Crippen LogP contribution is 2.29. The van der Waals surface area contributed by atoms with Crippen LogP contribution in [0.2, 0.25) is 4.34 Å². The van der Waals surface area contributed by atoms with Crippen LogP contribution in [0.25, 0.3) is 0 Å². The van der Waals surface area contributed by atoms with Crippen molar-refractivity contribution in [2.75, 3.05) is 26.2 Å². The number of nitrogens with one attached hydrogen (secondary N) is 1. The zero-order valence-corrected chi connectivity index (χ0v) is 14.0. The lowest BCUT2D eigenvalue weighted by Gasteiger charge is -2.29. The Kier molecular flexibility index (Phi) is 5.86. The molecule has 4 nitrogen and oxygen atoms in total. The molecule has 0 aliphatic carbocycles. The van der Waals surface area contributed by atoms with Crippen molar-refractivity contribution in [3.63, 3.8) is 0 Å². The van der Waals surface area contributed by atoms with Crippen molar-refractivity contribution in [1.82, 2.24) is 9.62 Å². The van der Waals surface area contributed by atoms with Crippen molar-refractivity contribution < 1.29 is 8.42 Å². The van der Waals surface area contributed by atoms with E-state index in [0.29, 0.717) is 27.6 Å². The van der Waals surface area contributed by atoms with Crippen LogP contribution in [0.4, 0.5) is 0 Å². The van der Waals surface area contributed by atoms with Crippen LogP contribution in [0.1, 0.15) is 26.2 Å². The number of halogens is 1. The maximum Gasteiger partial charge on any atom is 0.252 e. The number of hydrogen-bond donors (Lipinski definition) is 1. The molecular formula is C13H21ClN2O2S2. The van der Waals surface area contributed by atoms with Crippen LogP contribution in [-0.2, 0) is 10.0 Å². The summed E-state index contributed by atoms with van der Waals surface area (Å²) in [4.78, 5) is 0. The number of rotatable bonds is 6. The minimum atomic E-state index is -3.39. The van der Waals surface area contributed by atoms with Crippen LogP contribution in [0, 0.1) is 5.92 Å². The van der Waals surface area contributed by atoms with Gasteiger partial charge in [-0.25, -0.2) is 8.42 Å². The smallest absolute Gasteiger partial charge is 0.252 e. The van der Waals surface area contributed by atoms with Gasteiger partial charge in [0.25, 0.3) is 10.0 Å². The molecule has 0 aromatic carbocycles. The van der Waals surface area contributed by atoms with Crippen LogP contribution in [0.3, 0.4) is 0 Å². The fourth-order valence-corrected chi connectivity index (χ4v) is 5.72. The highest BCUT2D eigenvalue weighted by Gasteiger charge is 2.28. The molecule has 0 saturated carbocycles. The monoisotopic (exact) mass is 336 g/mol. The first-order valence-electron chi connectivity index (χ1n) is 7.00. The lowest BCUT2D eigenvalue weighted by atomic mass is 9.98. The zero-order valence-electron chi connectivity index (χ0n) is 11.6. The van der Waals surface area contributed by atoms with Crippen molar-refractivity contribution in [3.05, 3.63) is 16.5 Å². The second-order valence-corrected chi connectivity index (χ2v) is 8.99. The summed E-state index contributed by atoms with van der Waals surface area (Å²) in [6, 6.07) is 3.25. The average molecular weight is 337 g/mol. The van der Waals surface area contributed by atoms with Gasteiger partial charge in [-0.2, -0.15) is 4.31 Å². The molecule has 0 spiro atoms. The van der Waals surface area contributed by atoms with E-state index in [9.17, 15) is 8.42 Å². The Morgan fingerprint density at radius 3 is 2.65 bits per heavy atom. The van der Waals surface area contributed by atoms with Crippen molar-refractivity contribution >= 4 is 33.0 Å². The molecule has 0 amide bonds. The quantitative estimate of drug-likeness (QED) is 0.869. The molecule has 2 heterocycles. The third-order valence-corrected chi connectivity index (χ3v) is 7.10. The van der Waals surface area contributed by atoms with Crippen molar-refractivity contribution in [1.29, 1.82) is 0 Å². The molecular weight excluding hydrogens is 316 g/mol. The molecule has 7 heteroatoms. The largest absolute Gasteiger partial charge is 0.317 e. The number of thiophene rings is 1. The van der Waals surface area contributed by atoms with Gasteiger partial charge in [0.15, 0.2) is 0 Å². The van der Waals surface area contributed by atoms with E-state index in [-0.39, 0.29) is 0 Å². The summed E-state index contributed by atoms with van der Waals surface area (Å²) in [5.41, 5.74) is 0. The summed E-state index contributed by atoms with van der Waals surface area (Å²) >= 11 is 7.00. The Balaban J connectivity index is 2.14. The predicted molar refractivity (Wildman–Crippen MR) is 84.0 cm³/mol. The molecule has 2 rings (SSSR count). The number of sulfonamides is 1. The summed E-state index contributed by atoms with van der Waals surface area (Å²) in [5.74, 6) is 0.452. The zero-order chi connectivity index (χ0) is 14.6. The highest BCUT2D eigenvalue weighted by molar-refractivity contribution is 7.91. The third-order valence-electron chi connectivity index (χ3n) is 3.54. The molecule has 114 valence electrons. The Labute approximate surface area is 130 Å². The van der Waals surface area contributed by atoms with Crippen molar-refractivity contribution in [2.45, 2.75) is 30.4 Å². The first-order chi connectivity index (χ1) is 9.54. The summed E-state index contributed by atoms with van der Waals surface area (Å²) < 4.78 is 27.8. The fraction of sp³-hybridized carbons (Fsp3) is 0.692. The number of nitrogens with zero attached hydrogens (tertiary/aromatic N) is 1. The van der Waals surface area contributed by atoms with E-state index in [1.807, 2.05) is 6.92 Å². The second-order valence-electron chi connectivity index (χ2n) is 5.11. The standard InChI is InChI=1S/C13H21ClN2O2S2/c1-2-9-16(10-11-5-7-15-8-6-11)20(17,18)13-4-3-12(14)19-13/h3-4,11,15H,2,5-10H2,1H3. The Morgan fingerprint density at radius 1 is 1.40 bits per heavy atom. The van der Waals surface area contributed by atoms with Gasteiger partial charge in [0, 0.05) is 13.1 Å². The van der Waals surface area contributed by atoms with Gasteiger partial charge in [-0.3, -0.25) is 0 Å². The molecule has 1 aromatic rings. The Morgan fingerprint density at radius 2 is 2.10 bits per heavy atom. The van der Waals surface area contributed by atoms with Gasteiger partial charge < -0.3 is 5.32 Å². The van der Waals surface area contributed by atoms with E-state index in [0.717, 1.165) is 43.7 Å². The molecule has 1 N–H and O–H groups in total. The van der Waals surface area contributed by atoms with Gasteiger partial charge in [-0.1, -0.05) is 18.5 Å². The van der Waals surface area contributed by atoms with E-state index in [4.69, 9.17) is 11.6 Å². The van der Waals surface area contributed by atoms with Gasteiger partial charge in [-0.05, 0) is 50.4 Å². The van der Waals surface area contributed by atoms with Gasteiger partial charge in [0.2, 0.25) is 0 Å². The van der Waals surface area contributed by atoms with E-state index < -0.39 is 10.0 Å². The molecule has 1 saturated heterocycles. The lowest BCUT2D eigenvalue weighted by Crippen LogP contribution is -2.39. The topological polar surface area (TPSA) is 49.4 Å². The third kappa shape index (κ3) is 3.95. The Bertz CT molecular complexity index is 524. The SMILES string of the molecule is CCCN(CC1CCNCC1)S(=O)(=O)c1ccc(Cl)s1. The van der Waals surface area contributed by atoms with Crippen molar-refractivity contribution in [3.8, 4) is 0 Å². The average Bonchev–Trinajstić information content (AvgIpc) is 2.87. The maximum absolute atomic E-state index is 12.7. The van der Waals surface area contributed by atoms with Crippen LogP contribution >= 0.6 is 22.9 Å². The number of piperidine rings is 1. The van der Waals surface area contributed by atoms with Gasteiger partial charge in [-0.15, -0.1) is 11.3 Å². The summed E-state index contributed by atoms with van der Waals surface area (Å²) in [5, 5.41) is 3.31. The van der Waals surface area contributed by atoms with E-state index in [1.54, 1.807) is 16.4 Å². The first-order valence-corrected chi connectivity index (χ1v) is 9.63. The van der Waals surface area contributed by atoms with Crippen LogP contribution in [0.15, 0.2) is 16.3 Å². The molecule has 1 aromatic heterocycles. The predicted octanol–water partition coefficient (Wildman–Crippen LogP) is 2.80. The molecule has 20 heavy (non-hydrogen) atoms. The normalized spacial score (nSPS) is 17.8. The van der Waals surface area contributed by atoms with E-state index in [2.05, 4.69) is 5.32 Å². The highest BCUT2D eigenvalue weighted by atomic mass is 35.5. The second kappa shape index (κ2) is 7.22. The van der Waals surface area contributed by atoms with Crippen LogP contribution in [-0.4, -0.2) is 38.9 Å². The Hall–Kier alpha value is -0.140. The minimum absolute atomic E-state index is 0.352. The molecule has 0 bridgehead atoms. The molecule has 1 aliphatic heterocycles. The van der Waals surface area contributed by atoms with Gasteiger partial charge in [0.05, 0.1) is 4.34 Å². The van der Waals surface area contributed by atoms with Gasteiger partial charge >= 0.3 is 0 Å². The molecule has 0 atom stereocenters. The van der Waals surface area contributed by atoms with Gasteiger partial charge in [0.1, 0.15) is 4.21 Å². The lowest BCUT2D eigenvalue weighted by molar-refractivity contribution is 0.288. The molecule has 1 fully saturated rings.